The van der Waals surface area contributed by atoms with Crippen molar-refractivity contribution in [2.45, 2.75) is 37.7 Å². The van der Waals surface area contributed by atoms with E-state index in [0.717, 1.165) is 6.07 Å². The first-order valence-corrected chi connectivity index (χ1v) is 7.65. The first-order chi connectivity index (χ1) is 9.50. The van der Waals surface area contributed by atoms with Crippen LogP contribution in [0.2, 0.25) is 0 Å². The predicted molar refractivity (Wildman–Crippen MR) is 73.9 cm³/mol. The van der Waals surface area contributed by atoms with Crippen molar-refractivity contribution in [2.75, 3.05) is 6.54 Å². The zero-order valence-electron chi connectivity index (χ0n) is 11.9. The Kier molecular flexibility index (Phi) is 5.03. The maximum Gasteiger partial charge on any atom is 0.306 e. The van der Waals surface area contributed by atoms with E-state index in [2.05, 4.69) is 4.72 Å². The summed E-state index contributed by atoms with van der Waals surface area (Å²) in [7, 11) is -4.09. The summed E-state index contributed by atoms with van der Waals surface area (Å²) >= 11 is 0. The summed E-state index contributed by atoms with van der Waals surface area (Å²) in [4.78, 5) is 9.31. The molecule has 1 rings (SSSR count). The van der Waals surface area contributed by atoms with Crippen molar-refractivity contribution in [1.29, 1.82) is 0 Å². The van der Waals surface area contributed by atoms with Gasteiger partial charge in [-0.3, -0.25) is 10.1 Å². The average molecular weight is 320 g/mol. The van der Waals surface area contributed by atoms with Gasteiger partial charge in [-0.2, -0.15) is 4.39 Å². The lowest BCUT2D eigenvalue weighted by atomic mass is 10.1. The average Bonchev–Trinajstić information content (AvgIpc) is 2.36. The number of nitrogens with zero attached hydrogens (tertiary/aromatic N) is 1. The van der Waals surface area contributed by atoms with E-state index in [0.29, 0.717) is 12.5 Å². The molecule has 0 aromatic heterocycles. The number of hydrogen-bond acceptors (Lipinski definition) is 5. The van der Waals surface area contributed by atoms with E-state index in [9.17, 15) is 28.0 Å². The van der Waals surface area contributed by atoms with Crippen molar-refractivity contribution in [3.8, 4) is 0 Å². The molecular weight excluding hydrogens is 303 g/mol. The first kappa shape index (κ1) is 17.5. The second-order valence-electron chi connectivity index (χ2n) is 5.00. The Morgan fingerprint density at radius 3 is 2.52 bits per heavy atom. The van der Waals surface area contributed by atoms with Crippen LogP contribution in [0, 0.1) is 22.9 Å². The van der Waals surface area contributed by atoms with Gasteiger partial charge in [-0.1, -0.05) is 6.92 Å². The number of nitrogens with one attached hydrogen (secondary N) is 1. The van der Waals surface area contributed by atoms with Crippen molar-refractivity contribution < 1.29 is 22.8 Å². The van der Waals surface area contributed by atoms with E-state index in [1.807, 2.05) is 0 Å². The molecule has 118 valence electrons. The van der Waals surface area contributed by atoms with Crippen molar-refractivity contribution >= 4 is 15.7 Å². The van der Waals surface area contributed by atoms with Crippen LogP contribution < -0.4 is 4.72 Å². The number of aliphatic hydroxyl groups is 1. The van der Waals surface area contributed by atoms with Crippen LogP contribution in [-0.4, -0.2) is 30.6 Å². The van der Waals surface area contributed by atoms with E-state index < -0.39 is 32.1 Å². The van der Waals surface area contributed by atoms with Crippen molar-refractivity contribution in [3.63, 3.8) is 0 Å². The monoisotopic (exact) mass is 320 g/mol. The molecule has 0 aliphatic heterocycles. The molecule has 1 aromatic carbocycles. The van der Waals surface area contributed by atoms with Gasteiger partial charge in [0.2, 0.25) is 15.8 Å². The maximum absolute atomic E-state index is 13.4. The normalized spacial score (nSPS) is 14.7. The first-order valence-electron chi connectivity index (χ1n) is 6.17. The van der Waals surface area contributed by atoms with Gasteiger partial charge in [0.15, 0.2) is 0 Å². The smallest absolute Gasteiger partial charge is 0.306 e. The summed E-state index contributed by atoms with van der Waals surface area (Å²) in [6.07, 6.45) is 0.318. The highest BCUT2D eigenvalue weighted by molar-refractivity contribution is 7.89. The molecule has 1 unspecified atom stereocenters. The number of nitro benzene ring substituents is 1. The maximum atomic E-state index is 13.4. The van der Waals surface area contributed by atoms with Crippen LogP contribution in [0.3, 0.4) is 0 Å². The number of nitro groups is 1. The van der Waals surface area contributed by atoms with Crippen molar-refractivity contribution in [1.82, 2.24) is 4.72 Å². The second-order valence-corrected chi connectivity index (χ2v) is 6.74. The van der Waals surface area contributed by atoms with Gasteiger partial charge in [0.1, 0.15) is 0 Å². The highest BCUT2D eigenvalue weighted by Gasteiger charge is 2.27. The second kappa shape index (κ2) is 6.04. The van der Waals surface area contributed by atoms with Gasteiger partial charge in [-0.05, 0) is 31.9 Å². The fourth-order valence-electron chi connectivity index (χ4n) is 1.52. The van der Waals surface area contributed by atoms with Crippen LogP contribution in [0.1, 0.15) is 25.8 Å². The molecule has 1 atom stereocenters. The number of hydrogen-bond donors (Lipinski definition) is 2. The minimum Gasteiger partial charge on any atom is -0.389 e. The van der Waals surface area contributed by atoms with E-state index in [-0.39, 0.29) is 17.0 Å². The Morgan fingerprint density at radius 2 is 2.05 bits per heavy atom. The molecule has 9 heteroatoms. The lowest BCUT2D eigenvalue weighted by molar-refractivity contribution is -0.387. The minimum absolute atomic E-state index is 0.0433. The summed E-state index contributed by atoms with van der Waals surface area (Å²) in [6.45, 7) is 4.22. The molecule has 0 saturated carbocycles. The van der Waals surface area contributed by atoms with Gasteiger partial charge in [-0.25, -0.2) is 13.1 Å². The highest BCUT2D eigenvalue weighted by atomic mass is 32.2. The molecule has 0 spiro atoms. The predicted octanol–water partition coefficient (Wildman–Crippen LogP) is 1.48. The molecule has 0 amide bonds. The number of benzene rings is 1. The van der Waals surface area contributed by atoms with E-state index in [1.54, 1.807) is 6.92 Å². The van der Waals surface area contributed by atoms with Crippen LogP contribution in [0.15, 0.2) is 17.0 Å². The third-order valence-electron chi connectivity index (χ3n) is 3.14. The Hall–Kier alpha value is -1.58. The standard InChI is InChI=1S/C12H17FN2O5S/c1-4-12(3,16)7-14-21(19,20)11-6-10(15(17)18)9(13)5-8(11)2/h5-6,14,16H,4,7H2,1-3H3. The molecule has 2 N–H and O–H groups in total. The number of rotatable bonds is 6. The fraction of sp³-hybridized carbons (Fsp3) is 0.500. The third kappa shape index (κ3) is 4.19. The van der Waals surface area contributed by atoms with E-state index in [1.165, 1.54) is 13.8 Å². The molecule has 0 saturated heterocycles. The Bertz CT molecular complexity index is 658. The van der Waals surface area contributed by atoms with E-state index >= 15 is 0 Å². The minimum atomic E-state index is -4.09. The van der Waals surface area contributed by atoms with Crippen LogP contribution in [0.4, 0.5) is 10.1 Å². The Labute approximate surface area is 122 Å². The van der Waals surface area contributed by atoms with Crippen molar-refractivity contribution in [2.24, 2.45) is 0 Å². The molecule has 0 aliphatic carbocycles. The van der Waals surface area contributed by atoms with Gasteiger partial charge in [0, 0.05) is 12.6 Å². The zero-order chi connectivity index (χ0) is 16.4. The molecule has 0 bridgehead atoms. The molecule has 1 aromatic rings. The highest BCUT2D eigenvalue weighted by Crippen LogP contribution is 2.25. The van der Waals surface area contributed by atoms with Gasteiger partial charge >= 0.3 is 5.69 Å². The number of aryl methyl sites for hydroxylation is 1. The summed E-state index contributed by atoms with van der Waals surface area (Å²) in [5.74, 6) is -1.10. The molecule has 0 heterocycles. The zero-order valence-corrected chi connectivity index (χ0v) is 12.7. The Morgan fingerprint density at radius 1 is 1.48 bits per heavy atom. The quantitative estimate of drug-likeness (QED) is 0.609. The number of halogens is 1. The lowest BCUT2D eigenvalue weighted by Crippen LogP contribution is -2.40. The number of sulfonamides is 1. The van der Waals surface area contributed by atoms with Crippen LogP contribution in [-0.2, 0) is 10.0 Å². The van der Waals surface area contributed by atoms with Gasteiger partial charge < -0.3 is 5.11 Å². The largest absolute Gasteiger partial charge is 0.389 e. The van der Waals surface area contributed by atoms with Crippen LogP contribution in [0.5, 0.6) is 0 Å². The summed E-state index contributed by atoms with van der Waals surface area (Å²) < 4.78 is 39.8. The third-order valence-corrected chi connectivity index (χ3v) is 4.68. The van der Waals surface area contributed by atoms with E-state index in [4.69, 9.17) is 0 Å². The molecule has 0 aliphatic rings. The summed E-state index contributed by atoms with van der Waals surface area (Å²) in [5.41, 5.74) is -2.11. The SMILES string of the molecule is CCC(C)(O)CNS(=O)(=O)c1cc([N+](=O)[O-])c(F)cc1C. The Balaban J connectivity index is 3.20. The summed E-state index contributed by atoms with van der Waals surface area (Å²) in [6, 6.07) is 1.47. The van der Waals surface area contributed by atoms with Crippen molar-refractivity contribution in [3.05, 3.63) is 33.6 Å². The molecule has 7 nitrogen and oxygen atoms in total. The van der Waals surface area contributed by atoms with Gasteiger partial charge in [0.25, 0.3) is 0 Å². The topological polar surface area (TPSA) is 110 Å². The lowest BCUT2D eigenvalue weighted by Gasteiger charge is -2.21. The van der Waals surface area contributed by atoms with Crippen LogP contribution in [0.25, 0.3) is 0 Å². The van der Waals surface area contributed by atoms with Crippen LogP contribution >= 0.6 is 0 Å². The molecule has 21 heavy (non-hydrogen) atoms. The fourth-order valence-corrected chi connectivity index (χ4v) is 2.93. The molecular formula is C12H17FN2O5S. The van der Waals surface area contributed by atoms with Gasteiger partial charge in [-0.15, -0.1) is 0 Å². The molecule has 0 radical (unpaired) electrons. The summed E-state index contributed by atoms with van der Waals surface area (Å²) in [5, 5.41) is 20.5. The molecule has 0 fully saturated rings. The van der Waals surface area contributed by atoms with Gasteiger partial charge in [0.05, 0.1) is 15.4 Å².